The maximum atomic E-state index is 11.5. The molecule has 5 nitrogen and oxygen atoms in total. The van der Waals surface area contributed by atoms with E-state index >= 15 is 0 Å². The molecule has 0 radical (unpaired) electrons. The van der Waals surface area contributed by atoms with E-state index in [0.29, 0.717) is 19.1 Å². The quantitative estimate of drug-likeness (QED) is 0.810. The number of aliphatic hydroxyl groups excluding tert-OH is 1. The van der Waals surface area contributed by atoms with E-state index in [-0.39, 0.29) is 12.5 Å². The molecule has 23 heavy (non-hydrogen) atoms. The highest BCUT2D eigenvalue weighted by molar-refractivity contribution is 5.67. The van der Waals surface area contributed by atoms with Crippen molar-refractivity contribution in [2.45, 2.75) is 45.5 Å². The zero-order chi connectivity index (χ0) is 16.9. The monoisotopic (exact) mass is 321 g/mol. The van der Waals surface area contributed by atoms with Gasteiger partial charge in [-0.15, -0.1) is 0 Å². The van der Waals surface area contributed by atoms with Gasteiger partial charge in [0.25, 0.3) is 0 Å². The van der Waals surface area contributed by atoms with Gasteiger partial charge in [-0.1, -0.05) is 30.3 Å². The van der Waals surface area contributed by atoms with Gasteiger partial charge in [0.15, 0.2) is 0 Å². The molecule has 2 N–H and O–H groups in total. The van der Waals surface area contributed by atoms with Gasteiger partial charge in [0.1, 0.15) is 5.60 Å². The van der Waals surface area contributed by atoms with Crippen molar-refractivity contribution in [3.8, 4) is 0 Å². The number of rotatable bonds is 7. The van der Waals surface area contributed by atoms with Crippen molar-refractivity contribution in [2.24, 2.45) is 11.8 Å². The Morgan fingerprint density at radius 2 is 2.04 bits per heavy atom. The van der Waals surface area contributed by atoms with Crippen LogP contribution in [-0.4, -0.2) is 36.1 Å². The van der Waals surface area contributed by atoms with E-state index in [1.165, 1.54) is 0 Å². The summed E-state index contributed by atoms with van der Waals surface area (Å²) in [5.74, 6) is 0.565. The highest BCUT2D eigenvalue weighted by Gasteiger charge is 2.42. The van der Waals surface area contributed by atoms with Crippen molar-refractivity contribution < 1.29 is 19.4 Å². The third kappa shape index (κ3) is 6.59. The lowest BCUT2D eigenvalue weighted by Crippen LogP contribution is -2.37. The average molecular weight is 321 g/mol. The SMILES string of the molecule is CC(C)(C)OC(=O)NC[C@H](O)[C@H]1C[C@@H]1COCc1ccccc1. The summed E-state index contributed by atoms with van der Waals surface area (Å²) in [6.07, 6.45) is -0.103. The molecule has 1 aliphatic rings. The molecular formula is C18H27NO4. The normalized spacial score (nSPS) is 21.6. The minimum Gasteiger partial charge on any atom is -0.444 e. The van der Waals surface area contributed by atoms with Gasteiger partial charge in [0.05, 0.1) is 19.3 Å². The van der Waals surface area contributed by atoms with Gasteiger partial charge in [0, 0.05) is 6.54 Å². The summed E-state index contributed by atoms with van der Waals surface area (Å²) in [4.78, 5) is 11.5. The molecular weight excluding hydrogens is 294 g/mol. The number of hydrogen-bond donors (Lipinski definition) is 2. The first kappa shape index (κ1) is 17.8. The van der Waals surface area contributed by atoms with Crippen LogP contribution in [0.4, 0.5) is 4.79 Å². The molecule has 0 aliphatic heterocycles. The van der Waals surface area contributed by atoms with Crippen LogP contribution in [0.3, 0.4) is 0 Å². The minimum atomic E-state index is -0.548. The number of alkyl carbamates (subject to hydrolysis) is 1. The first-order valence-electron chi connectivity index (χ1n) is 8.12. The van der Waals surface area contributed by atoms with Gasteiger partial charge in [-0.2, -0.15) is 0 Å². The second-order valence-corrected chi connectivity index (χ2v) is 7.11. The number of amides is 1. The van der Waals surface area contributed by atoms with Crippen LogP contribution in [0.1, 0.15) is 32.8 Å². The summed E-state index contributed by atoms with van der Waals surface area (Å²) in [5.41, 5.74) is 0.624. The summed E-state index contributed by atoms with van der Waals surface area (Å²) in [6, 6.07) is 10.0. The topological polar surface area (TPSA) is 67.8 Å². The van der Waals surface area contributed by atoms with Crippen LogP contribution in [0.2, 0.25) is 0 Å². The fourth-order valence-electron chi connectivity index (χ4n) is 2.49. The third-order valence-electron chi connectivity index (χ3n) is 3.77. The van der Waals surface area contributed by atoms with Gasteiger partial charge in [-0.3, -0.25) is 0 Å². The fraction of sp³-hybridized carbons (Fsp3) is 0.611. The molecule has 128 valence electrons. The molecule has 2 rings (SSSR count). The number of carbonyl (C=O) groups is 1. The molecule has 0 unspecified atom stereocenters. The van der Waals surface area contributed by atoms with Crippen molar-refractivity contribution in [1.29, 1.82) is 0 Å². The van der Waals surface area contributed by atoms with Crippen LogP contribution in [0.5, 0.6) is 0 Å². The van der Waals surface area contributed by atoms with E-state index in [1.54, 1.807) is 0 Å². The number of aliphatic hydroxyl groups is 1. The Bertz CT molecular complexity index is 497. The number of nitrogens with one attached hydrogen (secondary N) is 1. The first-order valence-corrected chi connectivity index (χ1v) is 8.12. The molecule has 3 atom stereocenters. The molecule has 0 spiro atoms. The molecule has 1 aromatic rings. The smallest absolute Gasteiger partial charge is 0.407 e. The number of benzene rings is 1. The number of ether oxygens (including phenoxy) is 2. The summed E-state index contributed by atoms with van der Waals surface area (Å²) in [6.45, 7) is 6.88. The standard InChI is InChI=1S/C18H27NO4/c1-18(2,3)23-17(21)19-10-16(20)15-9-14(15)12-22-11-13-7-5-4-6-8-13/h4-8,14-16,20H,9-12H2,1-3H3,(H,19,21)/t14-,15+,16+/m1/s1. The van der Waals surface area contributed by atoms with Crippen LogP contribution in [0, 0.1) is 11.8 Å². The summed E-state index contributed by atoms with van der Waals surface area (Å²) < 4.78 is 10.8. The number of hydrogen-bond acceptors (Lipinski definition) is 4. The van der Waals surface area contributed by atoms with E-state index in [1.807, 2.05) is 51.1 Å². The largest absolute Gasteiger partial charge is 0.444 e. The predicted molar refractivity (Wildman–Crippen MR) is 87.9 cm³/mol. The molecule has 5 heteroatoms. The minimum absolute atomic E-state index is 0.195. The van der Waals surface area contributed by atoms with Gasteiger partial charge >= 0.3 is 6.09 Å². The Morgan fingerprint density at radius 1 is 1.35 bits per heavy atom. The van der Waals surface area contributed by atoms with Crippen LogP contribution in [0.25, 0.3) is 0 Å². The fourth-order valence-corrected chi connectivity index (χ4v) is 2.49. The Morgan fingerprint density at radius 3 is 2.70 bits per heavy atom. The Balaban J connectivity index is 1.59. The van der Waals surface area contributed by atoms with E-state index in [9.17, 15) is 9.90 Å². The van der Waals surface area contributed by atoms with Crippen molar-refractivity contribution in [1.82, 2.24) is 5.32 Å². The Hall–Kier alpha value is -1.59. The Kier molecular flexibility index (Phi) is 6.02. The van der Waals surface area contributed by atoms with Crippen LogP contribution in [0.15, 0.2) is 30.3 Å². The highest BCUT2D eigenvalue weighted by Crippen LogP contribution is 2.41. The third-order valence-corrected chi connectivity index (χ3v) is 3.77. The van der Waals surface area contributed by atoms with Crippen molar-refractivity contribution in [3.05, 3.63) is 35.9 Å². The van der Waals surface area contributed by atoms with Crippen molar-refractivity contribution in [3.63, 3.8) is 0 Å². The van der Waals surface area contributed by atoms with Gasteiger partial charge in [-0.05, 0) is 44.6 Å². The van der Waals surface area contributed by atoms with Crippen LogP contribution < -0.4 is 5.32 Å². The molecule has 1 aromatic carbocycles. The van der Waals surface area contributed by atoms with E-state index in [2.05, 4.69) is 5.32 Å². The van der Waals surface area contributed by atoms with Crippen molar-refractivity contribution in [2.75, 3.05) is 13.2 Å². The van der Waals surface area contributed by atoms with Crippen LogP contribution in [-0.2, 0) is 16.1 Å². The summed E-state index contributed by atoms with van der Waals surface area (Å²) in [7, 11) is 0. The van der Waals surface area contributed by atoms with Gasteiger partial charge in [0.2, 0.25) is 0 Å². The maximum absolute atomic E-state index is 11.5. The molecule has 1 amide bonds. The van der Waals surface area contributed by atoms with Gasteiger partial charge < -0.3 is 19.9 Å². The van der Waals surface area contributed by atoms with E-state index in [0.717, 1.165) is 12.0 Å². The maximum Gasteiger partial charge on any atom is 0.407 e. The lowest BCUT2D eigenvalue weighted by molar-refractivity contribution is 0.0470. The lowest BCUT2D eigenvalue weighted by atomic mass is 10.2. The van der Waals surface area contributed by atoms with E-state index < -0.39 is 17.8 Å². The molecule has 1 fully saturated rings. The Labute approximate surface area is 138 Å². The van der Waals surface area contributed by atoms with E-state index in [4.69, 9.17) is 9.47 Å². The summed E-state index contributed by atoms with van der Waals surface area (Å²) >= 11 is 0. The van der Waals surface area contributed by atoms with Crippen molar-refractivity contribution >= 4 is 6.09 Å². The summed E-state index contributed by atoms with van der Waals surface area (Å²) in [5, 5.41) is 12.7. The zero-order valence-electron chi connectivity index (χ0n) is 14.1. The lowest BCUT2D eigenvalue weighted by Gasteiger charge is -2.20. The van der Waals surface area contributed by atoms with Gasteiger partial charge in [-0.25, -0.2) is 4.79 Å². The average Bonchev–Trinajstić information content (AvgIpc) is 3.24. The molecule has 0 bridgehead atoms. The molecule has 0 aromatic heterocycles. The number of carbonyl (C=O) groups excluding carboxylic acids is 1. The van der Waals surface area contributed by atoms with Crippen LogP contribution >= 0.6 is 0 Å². The zero-order valence-corrected chi connectivity index (χ0v) is 14.1. The predicted octanol–water partition coefficient (Wildman–Crippen LogP) is 2.72. The molecule has 0 heterocycles. The molecule has 0 saturated heterocycles. The highest BCUT2D eigenvalue weighted by atomic mass is 16.6. The second-order valence-electron chi connectivity index (χ2n) is 7.11. The second kappa shape index (κ2) is 7.79. The molecule has 1 aliphatic carbocycles. The first-order chi connectivity index (χ1) is 10.8. The molecule has 1 saturated carbocycles.